The number of benzene rings is 1. The van der Waals surface area contributed by atoms with E-state index >= 15 is 0 Å². The van der Waals surface area contributed by atoms with E-state index in [1.54, 1.807) is 20.7 Å². The van der Waals surface area contributed by atoms with Gasteiger partial charge in [0.1, 0.15) is 6.54 Å². The van der Waals surface area contributed by atoms with Crippen LogP contribution in [0.5, 0.6) is 0 Å². The van der Waals surface area contributed by atoms with Crippen molar-refractivity contribution in [1.29, 1.82) is 0 Å². The largest absolute Gasteiger partial charge is 0.325 e. The van der Waals surface area contributed by atoms with Gasteiger partial charge < -0.3 is 14.7 Å². The first-order valence-electron chi connectivity index (χ1n) is 9.54. The zero-order chi connectivity index (χ0) is 19.8. The van der Waals surface area contributed by atoms with Crippen LogP contribution in [0.15, 0.2) is 36.7 Å². The zero-order valence-electron chi connectivity index (χ0n) is 16.6. The van der Waals surface area contributed by atoms with Gasteiger partial charge >= 0.3 is 6.03 Å². The summed E-state index contributed by atoms with van der Waals surface area (Å²) in [4.78, 5) is 33.4. The molecular weight excluding hydrogens is 356 g/mol. The third-order valence-electron chi connectivity index (χ3n) is 5.59. The average Bonchev–Trinajstić information content (AvgIpc) is 3.12. The second-order valence-corrected chi connectivity index (χ2v) is 7.68. The van der Waals surface area contributed by atoms with Crippen LogP contribution in [0.3, 0.4) is 0 Å². The van der Waals surface area contributed by atoms with Crippen molar-refractivity contribution in [2.24, 2.45) is 7.05 Å². The second-order valence-electron chi connectivity index (χ2n) is 7.68. The van der Waals surface area contributed by atoms with Gasteiger partial charge in [0, 0.05) is 44.6 Å². The maximum atomic E-state index is 13.3. The molecule has 0 aliphatic carbocycles. The van der Waals surface area contributed by atoms with Gasteiger partial charge in [-0.3, -0.25) is 14.4 Å². The van der Waals surface area contributed by atoms with E-state index in [-0.39, 0.29) is 24.5 Å². The van der Waals surface area contributed by atoms with Gasteiger partial charge in [-0.2, -0.15) is 5.10 Å². The number of piperazine rings is 1. The number of likely N-dealkylation sites (N-methyl/N-ethyl adjacent to an activating group) is 1. The van der Waals surface area contributed by atoms with E-state index < -0.39 is 0 Å². The van der Waals surface area contributed by atoms with E-state index in [1.807, 2.05) is 50.4 Å². The number of rotatable bonds is 2. The molecule has 0 radical (unpaired) electrons. The van der Waals surface area contributed by atoms with Gasteiger partial charge in [-0.05, 0) is 32.1 Å². The Labute approximate surface area is 164 Å². The summed E-state index contributed by atoms with van der Waals surface area (Å²) >= 11 is 0. The third-order valence-corrected chi connectivity index (χ3v) is 5.59. The fraction of sp³-hybridized carbons (Fsp3) is 0.450. The minimum Gasteiger partial charge on any atom is -0.313 e. The van der Waals surface area contributed by atoms with E-state index in [0.717, 1.165) is 17.8 Å². The minimum atomic E-state index is -0.0989. The molecule has 8 nitrogen and oxygen atoms in total. The molecule has 2 aromatic rings. The summed E-state index contributed by atoms with van der Waals surface area (Å²) in [6, 6.07) is 8.20. The number of urea groups is 1. The number of aromatic nitrogens is 2. The molecule has 4 rings (SSSR count). The van der Waals surface area contributed by atoms with Gasteiger partial charge in [0.15, 0.2) is 0 Å². The minimum absolute atomic E-state index is 0.0814. The zero-order valence-corrected chi connectivity index (χ0v) is 16.6. The molecule has 2 aliphatic rings. The number of anilines is 2. The first kappa shape index (κ1) is 18.5. The molecule has 2 aliphatic heterocycles. The second kappa shape index (κ2) is 7.27. The summed E-state index contributed by atoms with van der Waals surface area (Å²) in [5.41, 5.74) is 2.89. The van der Waals surface area contributed by atoms with Crippen molar-refractivity contribution in [3.63, 3.8) is 0 Å². The number of carbonyl (C=O) groups is 2. The van der Waals surface area contributed by atoms with Crippen molar-refractivity contribution in [2.45, 2.75) is 12.5 Å². The molecule has 1 aromatic heterocycles. The smallest absolute Gasteiger partial charge is 0.313 e. The summed E-state index contributed by atoms with van der Waals surface area (Å²) < 4.78 is 1.67. The van der Waals surface area contributed by atoms with Crippen LogP contribution in [0.25, 0.3) is 0 Å². The Balaban J connectivity index is 1.52. The van der Waals surface area contributed by atoms with Crippen LogP contribution in [-0.4, -0.2) is 77.8 Å². The predicted octanol–water partition coefficient (Wildman–Crippen LogP) is 1.18. The number of carbonyl (C=O) groups excluding carboxylic acids is 2. The molecule has 0 spiro atoms. The van der Waals surface area contributed by atoms with Gasteiger partial charge in [0.2, 0.25) is 5.91 Å². The molecule has 0 bridgehead atoms. The Morgan fingerprint density at radius 3 is 2.68 bits per heavy atom. The Hall–Kier alpha value is -2.87. The highest BCUT2D eigenvalue weighted by Crippen LogP contribution is 2.29. The molecule has 1 saturated heterocycles. The lowest BCUT2D eigenvalue weighted by molar-refractivity contribution is -0.120. The maximum Gasteiger partial charge on any atom is 0.325 e. The van der Waals surface area contributed by atoms with E-state index in [1.165, 1.54) is 5.56 Å². The monoisotopic (exact) mass is 382 g/mol. The van der Waals surface area contributed by atoms with Crippen molar-refractivity contribution in [2.75, 3.05) is 50.1 Å². The fourth-order valence-corrected chi connectivity index (χ4v) is 3.93. The van der Waals surface area contributed by atoms with Crippen LogP contribution in [-0.2, 0) is 18.3 Å². The molecular formula is C20H26N6O2. The van der Waals surface area contributed by atoms with Gasteiger partial charge in [0.25, 0.3) is 0 Å². The number of amides is 3. The predicted molar refractivity (Wildman–Crippen MR) is 107 cm³/mol. The summed E-state index contributed by atoms with van der Waals surface area (Å²) in [6.07, 6.45) is 4.41. The molecule has 28 heavy (non-hydrogen) atoms. The van der Waals surface area contributed by atoms with Crippen molar-refractivity contribution >= 4 is 23.3 Å². The maximum absolute atomic E-state index is 13.3. The first-order valence-corrected chi connectivity index (χ1v) is 9.54. The fourth-order valence-electron chi connectivity index (χ4n) is 3.93. The standard InChI is InChI=1S/C20H26N6O2/c1-22(2)16-10-15-6-4-5-7-18(15)26(13-16)20(28)24-8-9-25(19(27)14-24)17-11-21-23(3)12-17/h4-7,11-12,16H,8-10,13-14H2,1-3H3. The van der Waals surface area contributed by atoms with Crippen molar-refractivity contribution in [3.05, 3.63) is 42.2 Å². The van der Waals surface area contributed by atoms with Crippen LogP contribution in [0.1, 0.15) is 5.56 Å². The molecule has 1 atom stereocenters. The van der Waals surface area contributed by atoms with E-state index in [0.29, 0.717) is 19.6 Å². The summed E-state index contributed by atoms with van der Waals surface area (Å²) in [7, 11) is 5.90. The van der Waals surface area contributed by atoms with Gasteiger partial charge in [-0.15, -0.1) is 0 Å². The molecule has 3 amide bonds. The van der Waals surface area contributed by atoms with E-state index in [4.69, 9.17) is 0 Å². The quantitative estimate of drug-likeness (QED) is 0.783. The van der Waals surface area contributed by atoms with Crippen LogP contribution in [0.4, 0.5) is 16.2 Å². The first-order chi connectivity index (χ1) is 13.4. The van der Waals surface area contributed by atoms with Crippen molar-refractivity contribution in [1.82, 2.24) is 19.6 Å². The third kappa shape index (κ3) is 3.35. The van der Waals surface area contributed by atoms with Gasteiger partial charge in [-0.25, -0.2) is 4.79 Å². The lowest BCUT2D eigenvalue weighted by atomic mass is 9.97. The molecule has 0 saturated carbocycles. The molecule has 1 unspecified atom stereocenters. The van der Waals surface area contributed by atoms with Crippen LogP contribution in [0, 0.1) is 0 Å². The van der Waals surface area contributed by atoms with Crippen LogP contribution < -0.4 is 9.80 Å². The highest BCUT2D eigenvalue weighted by Gasteiger charge is 2.35. The Kier molecular flexibility index (Phi) is 4.80. The Bertz CT molecular complexity index is 892. The van der Waals surface area contributed by atoms with E-state index in [9.17, 15) is 9.59 Å². The van der Waals surface area contributed by atoms with Crippen LogP contribution >= 0.6 is 0 Å². The number of para-hydroxylation sites is 1. The molecule has 0 N–H and O–H groups in total. The topological polar surface area (TPSA) is 64.9 Å². The average molecular weight is 382 g/mol. The Morgan fingerprint density at radius 2 is 2.00 bits per heavy atom. The lowest BCUT2D eigenvalue weighted by Gasteiger charge is -2.41. The molecule has 3 heterocycles. The lowest BCUT2D eigenvalue weighted by Crippen LogP contribution is -2.58. The number of aryl methyl sites for hydroxylation is 1. The molecule has 1 fully saturated rings. The summed E-state index contributed by atoms with van der Waals surface area (Å²) in [5, 5.41) is 4.13. The number of nitrogens with zero attached hydrogens (tertiary/aromatic N) is 6. The van der Waals surface area contributed by atoms with Crippen molar-refractivity contribution in [3.8, 4) is 0 Å². The Morgan fingerprint density at radius 1 is 1.21 bits per heavy atom. The highest BCUT2D eigenvalue weighted by atomic mass is 16.2. The number of hydrogen-bond donors (Lipinski definition) is 0. The molecule has 8 heteroatoms. The normalized spacial score (nSPS) is 19.9. The summed E-state index contributed by atoms with van der Waals surface area (Å²) in [5.74, 6) is -0.0814. The van der Waals surface area contributed by atoms with Crippen molar-refractivity contribution < 1.29 is 9.59 Å². The number of fused-ring (bicyclic) bond motifs is 1. The molecule has 1 aromatic carbocycles. The highest BCUT2D eigenvalue weighted by molar-refractivity contribution is 6.01. The molecule has 148 valence electrons. The van der Waals surface area contributed by atoms with Gasteiger partial charge in [0.05, 0.1) is 11.9 Å². The number of hydrogen-bond acceptors (Lipinski definition) is 4. The van der Waals surface area contributed by atoms with Crippen LogP contribution in [0.2, 0.25) is 0 Å². The summed E-state index contributed by atoms with van der Waals surface area (Å²) in [6.45, 7) is 1.69. The van der Waals surface area contributed by atoms with E-state index in [2.05, 4.69) is 16.1 Å². The van der Waals surface area contributed by atoms with Gasteiger partial charge in [-0.1, -0.05) is 18.2 Å². The SMILES string of the molecule is CN(C)C1Cc2ccccc2N(C(=O)N2CCN(c3cnn(C)c3)C(=O)C2)C1.